The number of benzene rings is 3. The van der Waals surface area contributed by atoms with E-state index in [0.29, 0.717) is 6.61 Å². The summed E-state index contributed by atoms with van der Waals surface area (Å²) in [6, 6.07) is 31.1. The molecule has 1 atom stereocenters. The molecule has 2 nitrogen and oxygen atoms in total. The van der Waals surface area contributed by atoms with Crippen LogP contribution in [-0.2, 0) is 9.53 Å². The Labute approximate surface area is 169 Å². The molecular formula is C22H21IO2P+. The Morgan fingerprint density at radius 1 is 0.808 bits per heavy atom. The molecule has 1 unspecified atom stereocenters. The van der Waals surface area contributed by atoms with Crippen LogP contribution in [0.3, 0.4) is 0 Å². The molecule has 132 valence electrons. The Balaban J connectivity index is 2.33. The maximum absolute atomic E-state index is 12.9. The third-order valence-electron chi connectivity index (χ3n) is 4.31. The van der Waals surface area contributed by atoms with E-state index in [9.17, 15) is 4.79 Å². The zero-order chi connectivity index (χ0) is 18.4. The van der Waals surface area contributed by atoms with Crippen molar-refractivity contribution in [3.8, 4) is 0 Å². The lowest BCUT2D eigenvalue weighted by molar-refractivity contribution is -0.140. The Kier molecular flexibility index (Phi) is 6.44. The van der Waals surface area contributed by atoms with Crippen LogP contribution in [0, 0.1) is 0 Å². The summed E-state index contributed by atoms with van der Waals surface area (Å²) in [5, 5.41) is 3.56. The van der Waals surface area contributed by atoms with Crippen molar-refractivity contribution in [1.82, 2.24) is 0 Å². The average Bonchev–Trinajstić information content (AvgIpc) is 2.71. The Morgan fingerprint density at radius 3 is 1.46 bits per heavy atom. The van der Waals surface area contributed by atoms with Crippen molar-refractivity contribution in [1.29, 1.82) is 0 Å². The van der Waals surface area contributed by atoms with Gasteiger partial charge in [-0.2, -0.15) is 0 Å². The lowest BCUT2D eigenvalue weighted by atomic mass is 10.4. The van der Waals surface area contributed by atoms with Crippen molar-refractivity contribution in [2.75, 3.05) is 6.61 Å². The first-order valence-electron chi connectivity index (χ1n) is 8.57. The second-order valence-electron chi connectivity index (χ2n) is 5.82. The number of carbonyl (C=O) groups is 1. The molecule has 0 spiro atoms. The topological polar surface area (TPSA) is 26.3 Å². The molecule has 0 fully saturated rings. The third kappa shape index (κ3) is 3.56. The van der Waals surface area contributed by atoms with Gasteiger partial charge in [0.05, 0.1) is 6.61 Å². The smallest absolute Gasteiger partial charge is 0.358 e. The van der Waals surface area contributed by atoms with Gasteiger partial charge in [0.15, 0.2) is 0 Å². The van der Waals surface area contributed by atoms with Gasteiger partial charge in [0.1, 0.15) is 23.2 Å². The quantitative estimate of drug-likeness (QED) is 0.230. The second-order valence-corrected chi connectivity index (χ2v) is 11.6. The zero-order valence-corrected chi connectivity index (χ0v) is 17.6. The van der Waals surface area contributed by atoms with Gasteiger partial charge in [-0.15, -0.1) is 0 Å². The maximum atomic E-state index is 12.9. The Morgan fingerprint density at radius 2 is 1.15 bits per heavy atom. The number of halogens is 1. The molecule has 0 N–H and O–H groups in total. The van der Waals surface area contributed by atoms with E-state index in [0.717, 1.165) is 0 Å². The van der Waals surface area contributed by atoms with Crippen molar-refractivity contribution < 1.29 is 9.53 Å². The van der Waals surface area contributed by atoms with Gasteiger partial charge in [0, 0.05) is 0 Å². The van der Waals surface area contributed by atoms with Crippen molar-refractivity contribution in [3.05, 3.63) is 91.0 Å². The predicted octanol–water partition coefficient (Wildman–Crippen LogP) is 4.30. The molecule has 0 aliphatic carbocycles. The molecule has 0 saturated heterocycles. The van der Waals surface area contributed by atoms with E-state index < -0.39 is 7.26 Å². The van der Waals surface area contributed by atoms with E-state index in [1.807, 2.05) is 61.5 Å². The van der Waals surface area contributed by atoms with Crippen molar-refractivity contribution >= 4 is 51.7 Å². The first-order valence-corrected chi connectivity index (χ1v) is 11.7. The molecule has 0 radical (unpaired) electrons. The molecule has 0 bridgehead atoms. The molecule has 0 saturated carbocycles. The lowest BCUT2D eigenvalue weighted by Gasteiger charge is -2.30. The van der Waals surface area contributed by atoms with E-state index in [2.05, 4.69) is 59.0 Å². The lowest BCUT2D eigenvalue weighted by Crippen LogP contribution is -2.40. The highest BCUT2D eigenvalue weighted by molar-refractivity contribution is 14.1. The summed E-state index contributed by atoms with van der Waals surface area (Å²) in [5.74, 6) is -0.155. The molecule has 0 aliphatic rings. The largest absolute Gasteiger partial charge is 0.462 e. The highest BCUT2D eigenvalue weighted by atomic mass is 127. The van der Waals surface area contributed by atoms with Gasteiger partial charge in [0.2, 0.25) is 3.67 Å². The molecule has 4 heteroatoms. The van der Waals surface area contributed by atoms with Crippen LogP contribution in [0.5, 0.6) is 0 Å². The van der Waals surface area contributed by atoms with Crippen LogP contribution in [0.1, 0.15) is 6.92 Å². The van der Waals surface area contributed by atoms with Crippen LogP contribution in [0.4, 0.5) is 0 Å². The summed E-state index contributed by atoms with van der Waals surface area (Å²) in [6.45, 7) is 2.24. The number of alkyl halides is 1. The monoisotopic (exact) mass is 475 g/mol. The highest BCUT2D eigenvalue weighted by Crippen LogP contribution is 2.62. The van der Waals surface area contributed by atoms with E-state index in [4.69, 9.17) is 4.74 Å². The minimum Gasteiger partial charge on any atom is -0.462 e. The standard InChI is InChI=1S/C22H21IO2P/c1-2-25-22(24)21(23)26(18-12-6-3-7-13-18,19-14-8-4-9-15-19)20-16-10-5-11-17-20/h3-17,21H,2H2,1H3/q+1. The van der Waals surface area contributed by atoms with Crippen molar-refractivity contribution in [2.24, 2.45) is 0 Å². The summed E-state index contributed by atoms with van der Waals surface area (Å²) >= 11 is 2.29. The molecule has 26 heavy (non-hydrogen) atoms. The molecule has 3 rings (SSSR count). The van der Waals surface area contributed by atoms with E-state index in [1.165, 1.54) is 15.9 Å². The van der Waals surface area contributed by atoms with Gasteiger partial charge in [-0.3, -0.25) is 0 Å². The fraction of sp³-hybridized carbons (Fsp3) is 0.136. The van der Waals surface area contributed by atoms with E-state index in [1.54, 1.807) is 0 Å². The fourth-order valence-corrected chi connectivity index (χ4v) is 10.3. The van der Waals surface area contributed by atoms with E-state index >= 15 is 0 Å². The molecule has 0 aromatic heterocycles. The summed E-state index contributed by atoms with van der Waals surface area (Å²) in [5.41, 5.74) is 0. The van der Waals surface area contributed by atoms with Gasteiger partial charge in [0.25, 0.3) is 0 Å². The Bertz CT molecular complexity index is 741. The number of hydrogen-bond acceptors (Lipinski definition) is 2. The SMILES string of the molecule is CCOC(=O)C(I)[P+](c1ccccc1)(c1ccccc1)c1ccccc1. The van der Waals surface area contributed by atoms with E-state index in [-0.39, 0.29) is 9.64 Å². The predicted molar refractivity (Wildman–Crippen MR) is 120 cm³/mol. The normalized spacial score (nSPS) is 12.4. The molecular weight excluding hydrogens is 454 g/mol. The van der Waals surface area contributed by atoms with Crippen LogP contribution >= 0.6 is 29.9 Å². The van der Waals surface area contributed by atoms with Gasteiger partial charge in [-0.05, 0) is 65.9 Å². The third-order valence-corrected chi connectivity index (χ3v) is 11.6. The minimum atomic E-state index is -2.22. The number of carbonyl (C=O) groups excluding carboxylic acids is 1. The molecule has 3 aromatic rings. The van der Waals surface area contributed by atoms with Crippen molar-refractivity contribution in [2.45, 2.75) is 10.6 Å². The molecule has 0 amide bonds. The first-order chi connectivity index (χ1) is 12.7. The van der Waals surface area contributed by atoms with Crippen LogP contribution in [-0.4, -0.2) is 16.2 Å². The minimum absolute atomic E-state index is 0.155. The fourth-order valence-electron chi connectivity index (χ4n) is 3.20. The number of hydrogen-bond donors (Lipinski definition) is 0. The molecule has 0 heterocycles. The van der Waals surface area contributed by atoms with Gasteiger partial charge >= 0.3 is 5.97 Å². The highest BCUT2D eigenvalue weighted by Gasteiger charge is 2.55. The van der Waals surface area contributed by atoms with Crippen LogP contribution in [0.25, 0.3) is 0 Å². The Hall–Kier alpha value is -1.71. The van der Waals surface area contributed by atoms with Crippen molar-refractivity contribution in [3.63, 3.8) is 0 Å². The summed E-state index contributed by atoms with van der Waals surface area (Å²) in [4.78, 5) is 12.9. The average molecular weight is 475 g/mol. The zero-order valence-electron chi connectivity index (χ0n) is 14.6. The van der Waals surface area contributed by atoms with Crippen LogP contribution in [0.15, 0.2) is 91.0 Å². The maximum Gasteiger partial charge on any atom is 0.358 e. The van der Waals surface area contributed by atoms with Gasteiger partial charge in [-0.1, -0.05) is 54.6 Å². The number of ether oxygens (including phenoxy) is 1. The first kappa shape index (κ1) is 19.1. The molecule has 3 aromatic carbocycles. The van der Waals surface area contributed by atoms with Crippen LogP contribution < -0.4 is 15.9 Å². The van der Waals surface area contributed by atoms with Crippen LogP contribution in [0.2, 0.25) is 0 Å². The van der Waals surface area contributed by atoms with Gasteiger partial charge < -0.3 is 4.74 Å². The second kappa shape index (κ2) is 8.79. The van der Waals surface area contributed by atoms with Gasteiger partial charge in [-0.25, -0.2) is 4.79 Å². The number of rotatable bonds is 6. The summed E-state index contributed by atoms with van der Waals surface area (Å²) in [7, 11) is -2.22. The summed E-state index contributed by atoms with van der Waals surface area (Å²) < 4.78 is 5.16. The number of esters is 1. The molecule has 0 aliphatic heterocycles. The summed E-state index contributed by atoms with van der Waals surface area (Å²) in [6.07, 6.45) is 0.